The van der Waals surface area contributed by atoms with E-state index in [-0.39, 0.29) is 11.9 Å². The van der Waals surface area contributed by atoms with Gasteiger partial charge in [0.2, 0.25) is 0 Å². The van der Waals surface area contributed by atoms with Gasteiger partial charge in [0.25, 0.3) is 0 Å². The van der Waals surface area contributed by atoms with E-state index in [0.29, 0.717) is 11.1 Å². The van der Waals surface area contributed by atoms with Gasteiger partial charge in [-0.25, -0.2) is 4.39 Å². The monoisotopic (exact) mass is 268 g/mol. The van der Waals surface area contributed by atoms with Gasteiger partial charge in [-0.2, -0.15) is 5.26 Å². The zero-order chi connectivity index (χ0) is 14.5. The summed E-state index contributed by atoms with van der Waals surface area (Å²) in [5.41, 5.74) is 2.83. The summed E-state index contributed by atoms with van der Waals surface area (Å²) >= 11 is 0. The fourth-order valence-corrected chi connectivity index (χ4v) is 2.21. The van der Waals surface area contributed by atoms with Crippen molar-refractivity contribution in [2.75, 3.05) is 6.54 Å². The second kappa shape index (κ2) is 6.31. The van der Waals surface area contributed by atoms with Gasteiger partial charge >= 0.3 is 0 Å². The molecule has 0 saturated heterocycles. The Morgan fingerprint density at radius 3 is 2.75 bits per heavy atom. The van der Waals surface area contributed by atoms with Crippen LogP contribution in [0.1, 0.15) is 31.0 Å². The number of nitrogens with one attached hydrogen (secondary N) is 1. The molecule has 0 bridgehead atoms. The Morgan fingerprint density at radius 2 is 2.05 bits per heavy atom. The number of hydrogen-bond donors (Lipinski definition) is 1. The van der Waals surface area contributed by atoms with Gasteiger partial charge < -0.3 is 5.32 Å². The predicted octanol–water partition coefficient (Wildman–Crippen LogP) is 4.03. The molecule has 0 amide bonds. The Labute approximate surface area is 118 Å². The molecule has 1 N–H and O–H groups in total. The third-order valence-electron chi connectivity index (χ3n) is 3.30. The van der Waals surface area contributed by atoms with Crippen LogP contribution >= 0.6 is 0 Å². The van der Waals surface area contributed by atoms with E-state index in [0.717, 1.165) is 17.7 Å². The molecule has 0 aliphatic carbocycles. The first-order chi connectivity index (χ1) is 9.65. The SMILES string of the molecule is CCNC(C)c1ccc(F)c(-c2cccc(C#N)c2)c1. The molecule has 2 aromatic carbocycles. The van der Waals surface area contributed by atoms with Crippen LogP contribution in [0.15, 0.2) is 42.5 Å². The van der Waals surface area contributed by atoms with Gasteiger partial charge in [0, 0.05) is 11.6 Å². The molecular formula is C17H17FN2. The topological polar surface area (TPSA) is 35.8 Å². The van der Waals surface area contributed by atoms with Gasteiger partial charge in [0.15, 0.2) is 0 Å². The molecule has 1 atom stereocenters. The summed E-state index contributed by atoms with van der Waals surface area (Å²) in [6.45, 7) is 4.95. The zero-order valence-electron chi connectivity index (χ0n) is 11.7. The number of rotatable bonds is 4. The van der Waals surface area contributed by atoms with E-state index >= 15 is 0 Å². The minimum absolute atomic E-state index is 0.165. The van der Waals surface area contributed by atoms with Gasteiger partial charge in [0.05, 0.1) is 11.6 Å². The molecule has 0 fully saturated rings. The highest BCUT2D eigenvalue weighted by Gasteiger charge is 2.10. The molecule has 0 aromatic heterocycles. The van der Waals surface area contributed by atoms with Gasteiger partial charge in [-0.15, -0.1) is 0 Å². The first-order valence-corrected chi connectivity index (χ1v) is 6.69. The van der Waals surface area contributed by atoms with Gasteiger partial charge in [-0.3, -0.25) is 0 Å². The first kappa shape index (κ1) is 14.2. The molecule has 20 heavy (non-hydrogen) atoms. The van der Waals surface area contributed by atoms with Gasteiger partial charge in [-0.05, 0) is 48.9 Å². The maximum Gasteiger partial charge on any atom is 0.131 e. The van der Waals surface area contributed by atoms with Crippen molar-refractivity contribution in [1.82, 2.24) is 5.32 Å². The summed E-state index contributed by atoms with van der Waals surface area (Å²) in [4.78, 5) is 0. The summed E-state index contributed by atoms with van der Waals surface area (Å²) < 4.78 is 14.0. The van der Waals surface area contributed by atoms with Gasteiger partial charge in [-0.1, -0.05) is 25.1 Å². The third-order valence-corrected chi connectivity index (χ3v) is 3.30. The zero-order valence-corrected chi connectivity index (χ0v) is 11.7. The van der Waals surface area contributed by atoms with Crippen LogP contribution in [0.4, 0.5) is 4.39 Å². The molecule has 2 rings (SSSR count). The van der Waals surface area contributed by atoms with E-state index < -0.39 is 0 Å². The molecule has 102 valence electrons. The molecule has 2 nitrogen and oxygen atoms in total. The molecule has 1 unspecified atom stereocenters. The van der Waals surface area contributed by atoms with E-state index in [1.165, 1.54) is 6.07 Å². The van der Waals surface area contributed by atoms with Crippen molar-refractivity contribution >= 4 is 0 Å². The van der Waals surface area contributed by atoms with Gasteiger partial charge in [0.1, 0.15) is 5.82 Å². The average Bonchev–Trinajstić information content (AvgIpc) is 2.48. The van der Waals surface area contributed by atoms with Crippen LogP contribution in [0.5, 0.6) is 0 Å². The number of halogens is 1. The maximum atomic E-state index is 14.0. The Hall–Kier alpha value is -2.18. The second-order valence-electron chi connectivity index (χ2n) is 4.71. The summed E-state index contributed by atoms with van der Waals surface area (Å²) in [5.74, 6) is -0.271. The minimum Gasteiger partial charge on any atom is -0.310 e. The molecule has 0 spiro atoms. The normalized spacial score (nSPS) is 11.9. The lowest BCUT2D eigenvalue weighted by Gasteiger charge is -2.14. The van der Waals surface area contributed by atoms with Crippen molar-refractivity contribution in [3.8, 4) is 17.2 Å². The smallest absolute Gasteiger partial charge is 0.131 e. The molecule has 0 aliphatic rings. The van der Waals surface area contributed by atoms with Crippen LogP contribution in [0.2, 0.25) is 0 Å². The highest BCUT2D eigenvalue weighted by Crippen LogP contribution is 2.27. The lowest BCUT2D eigenvalue weighted by atomic mass is 9.98. The summed E-state index contributed by atoms with van der Waals surface area (Å²) in [6.07, 6.45) is 0. The fourth-order valence-electron chi connectivity index (χ4n) is 2.21. The minimum atomic E-state index is -0.271. The van der Waals surface area contributed by atoms with Crippen LogP contribution in [-0.4, -0.2) is 6.54 Å². The standard InChI is InChI=1S/C17H17FN2/c1-3-20-12(2)14-7-8-17(18)16(10-14)15-6-4-5-13(9-15)11-19/h4-10,12,20H,3H2,1-2H3. The highest BCUT2D eigenvalue weighted by atomic mass is 19.1. The number of hydrogen-bond acceptors (Lipinski definition) is 2. The number of nitrogens with zero attached hydrogens (tertiary/aromatic N) is 1. The van der Waals surface area contributed by atoms with Crippen LogP contribution in [0.25, 0.3) is 11.1 Å². The van der Waals surface area contributed by atoms with E-state index in [9.17, 15) is 4.39 Å². The molecule has 0 saturated carbocycles. The van der Waals surface area contributed by atoms with E-state index in [4.69, 9.17) is 5.26 Å². The maximum absolute atomic E-state index is 14.0. The Morgan fingerprint density at radius 1 is 1.25 bits per heavy atom. The van der Waals surface area contributed by atoms with Crippen molar-refractivity contribution < 1.29 is 4.39 Å². The first-order valence-electron chi connectivity index (χ1n) is 6.69. The number of nitriles is 1. The lowest BCUT2D eigenvalue weighted by molar-refractivity contribution is 0.593. The van der Waals surface area contributed by atoms with Crippen LogP contribution < -0.4 is 5.32 Å². The Kier molecular flexibility index (Phi) is 4.49. The number of benzene rings is 2. The van der Waals surface area contributed by atoms with Crippen LogP contribution in [-0.2, 0) is 0 Å². The highest BCUT2D eigenvalue weighted by molar-refractivity contribution is 5.66. The van der Waals surface area contributed by atoms with Crippen LogP contribution in [0, 0.1) is 17.1 Å². The van der Waals surface area contributed by atoms with Crippen molar-refractivity contribution in [1.29, 1.82) is 5.26 Å². The van der Waals surface area contributed by atoms with Crippen molar-refractivity contribution in [2.45, 2.75) is 19.9 Å². The van der Waals surface area contributed by atoms with Crippen molar-refractivity contribution in [2.24, 2.45) is 0 Å². The Balaban J connectivity index is 2.45. The summed E-state index contributed by atoms with van der Waals surface area (Å²) in [5, 5.41) is 12.2. The lowest BCUT2D eigenvalue weighted by Crippen LogP contribution is -2.17. The quantitative estimate of drug-likeness (QED) is 0.908. The molecule has 0 heterocycles. The van der Waals surface area contributed by atoms with Crippen molar-refractivity contribution in [3.63, 3.8) is 0 Å². The Bertz CT molecular complexity index is 644. The molecule has 3 heteroatoms. The third kappa shape index (κ3) is 3.04. The summed E-state index contributed by atoms with van der Waals surface area (Å²) in [6, 6.07) is 14.4. The van der Waals surface area contributed by atoms with Crippen LogP contribution in [0.3, 0.4) is 0 Å². The summed E-state index contributed by atoms with van der Waals surface area (Å²) in [7, 11) is 0. The fraction of sp³-hybridized carbons (Fsp3) is 0.235. The average molecular weight is 268 g/mol. The largest absolute Gasteiger partial charge is 0.310 e. The molecule has 0 radical (unpaired) electrons. The second-order valence-corrected chi connectivity index (χ2v) is 4.71. The molecule has 2 aromatic rings. The molecule has 0 aliphatic heterocycles. The van der Waals surface area contributed by atoms with Crippen molar-refractivity contribution in [3.05, 3.63) is 59.4 Å². The van der Waals surface area contributed by atoms with E-state index in [2.05, 4.69) is 11.4 Å². The van der Waals surface area contributed by atoms with E-state index in [1.807, 2.05) is 26.0 Å². The molecular weight excluding hydrogens is 251 g/mol. The van der Waals surface area contributed by atoms with E-state index in [1.54, 1.807) is 24.3 Å². The predicted molar refractivity (Wildman–Crippen MR) is 78.6 cm³/mol.